The first-order valence-corrected chi connectivity index (χ1v) is 7.05. The molecule has 1 heterocycles. The predicted octanol–water partition coefficient (Wildman–Crippen LogP) is 3.18. The minimum absolute atomic E-state index is 0.997. The second-order valence-electron chi connectivity index (χ2n) is 5.15. The van der Waals surface area contributed by atoms with Crippen LogP contribution < -0.4 is 5.32 Å². The van der Waals surface area contributed by atoms with Crippen LogP contribution >= 0.6 is 0 Å². The van der Waals surface area contributed by atoms with Crippen LogP contribution in [-0.2, 0) is 6.42 Å². The van der Waals surface area contributed by atoms with Gasteiger partial charge in [-0.05, 0) is 49.5 Å². The molecule has 0 unspecified atom stereocenters. The Bertz CT molecular complexity index is 291. The number of nitrogens with zero attached hydrogens (tertiary/aromatic N) is 1. The smallest absolute Gasteiger partial charge is 0.0270 e. The molecule has 1 aromatic rings. The molecule has 0 aromatic carbocycles. The van der Waals surface area contributed by atoms with E-state index in [0.717, 1.165) is 18.9 Å². The molecule has 17 heavy (non-hydrogen) atoms. The molecular weight excluding hydrogens is 208 g/mol. The van der Waals surface area contributed by atoms with E-state index in [0.29, 0.717) is 0 Å². The fourth-order valence-electron chi connectivity index (χ4n) is 2.69. The van der Waals surface area contributed by atoms with Crippen molar-refractivity contribution in [2.75, 3.05) is 13.1 Å². The summed E-state index contributed by atoms with van der Waals surface area (Å²) >= 11 is 0. The number of rotatable bonds is 6. The highest BCUT2D eigenvalue weighted by molar-refractivity contribution is 5.09. The zero-order chi connectivity index (χ0) is 11.8. The molecule has 1 aliphatic carbocycles. The number of aromatic nitrogens is 1. The van der Waals surface area contributed by atoms with E-state index < -0.39 is 0 Å². The number of nitrogens with one attached hydrogen (secondary N) is 1. The SMILES string of the molecule is c1cc(CCNCCC2CCCCC2)ccn1. The number of hydrogen-bond acceptors (Lipinski definition) is 2. The van der Waals surface area contributed by atoms with Crippen LogP contribution in [0.2, 0.25) is 0 Å². The van der Waals surface area contributed by atoms with Crippen LogP contribution in [0.25, 0.3) is 0 Å². The maximum absolute atomic E-state index is 4.03. The molecule has 0 atom stereocenters. The van der Waals surface area contributed by atoms with Crippen molar-refractivity contribution in [1.29, 1.82) is 0 Å². The molecule has 94 valence electrons. The van der Waals surface area contributed by atoms with Gasteiger partial charge >= 0.3 is 0 Å². The van der Waals surface area contributed by atoms with Gasteiger partial charge in [0.15, 0.2) is 0 Å². The Kier molecular flexibility index (Phi) is 5.50. The molecule has 0 saturated heterocycles. The summed E-state index contributed by atoms with van der Waals surface area (Å²) in [4.78, 5) is 4.03. The third-order valence-electron chi connectivity index (χ3n) is 3.79. The van der Waals surface area contributed by atoms with Crippen LogP contribution in [0.1, 0.15) is 44.1 Å². The monoisotopic (exact) mass is 232 g/mol. The van der Waals surface area contributed by atoms with Crippen molar-refractivity contribution in [2.24, 2.45) is 5.92 Å². The Morgan fingerprint density at radius 2 is 1.82 bits per heavy atom. The van der Waals surface area contributed by atoms with Gasteiger partial charge in [0.1, 0.15) is 0 Å². The van der Waals surface area contributed by atoms with E-state index in [1.165, 1.54) is 50.6 Å². The van der Waals surface area contributed by atoms with Crippen molar-refractivity contribution < 1.29 is 0 Å². The van der Waals surface area contributed by atoms with Gasteiger partial charge in [-0.15, -0.1) is 0 Å². The van der Waals surface area contributed by atoms with Gasteiger partial charge in [0.25, 0.3) is 0 Å². The Morgan fingerprint density at radius 3 is 2.59 bits per heavy atom. The highest BCUT2D eigenvalue weighted by Gasteiger charge is 2.12. The summed E-state index contributed by atoms with van der Waals surface area (Å²) in [5.41, 5.74) is 1.38. The molecule has 1 N–H and O–H groups in total. The fraction of sp³-hybridized carbons (Fsp3) is 0.667. The molecule has 0 aliphatic heterocycles. The summed E-state index contributed by atoms with van der Waals surface area (Å²) in [7, 11) is 0. The summed E-state index contributed by atoms with van der Waals surface area (Å²) in [6, 6.07) is 4.20. The first-order chi connectivity index (χ1) is 8.45. The minimum Gasteiger partial charge on any atom is -0.316 e. The van der Waals surface area contributed by atoms with Gasteiger partial charge in [-0.1, -0.05) is 32.1 Å². The highest BCUT2D eigenvalue weighted by Crippen LogP contribution is 2.25. The van der Waals surface area contributed by atoms with E-state index >= 15 is 0 Å². The van der Waals surface area contributed by atoms with E-state index in [-0.39, 0.29) is 0 Å². The first kappa shape index (κ1) is 12.6. The molecule has 1 saturated carbocycles. The van der Waals surface area contributed by atoms with Crippen molar-refractivity contribution in [3.63, 3.8) is 0 Å². The fourth-order valence-corrected chi connectivity index (χ4v) is 2.69. The van der Waals surface area contributed by atoms with Gasteiger partial charge in [0.05, 0.1) is 0 Å². The van der Waals surface area contributed by atoms with Crippen LogP contribution in [0.5, 0.6) is 0 Å². The standard InChI is InChI=1S/C15H24N2/c1-2-4-14(5-3-1)6-10-16-11-7-15-8-12-17-13-9-15/h8-9,12-14,16H,1-7,10-11H2. The van der Waals surface area contributed by atoms with Crippen LogP contribution in [0.3, 0.4) is 0 Å². The molecule has 0 spiro atoms. The molecule has 0 amide bonds. The Balaban J connectivity index is 1.51. The largest absolute Gasteiger partial charge is 0.316 e. The molecule has 0 bridgehead atoms. The molecule has 2 nitrogen and oxygen atoms in total. The topological polar surface area (TPSA) is 24.9 Å². The normalized spacial score (nSPS) is 17.2. The third kappa shape index (κ3) is 4.86. The molecule has 1 aromatic heterocycles. The molecular formula is C15H24N2. The molecule has 1 aliphatic rings. The second kappa shape index (κ2) is 7.44. The van der Waals surface area contributed by atoms with Crippen molar-refractivity contribution in [1.82, 2.24) is 10.3 Å². The average Bonchev–Trinajstić information content (AvgIpc) is 2.41. The van der Waals surface area contributed by atoms with Crippen LogP contribution in [0.15, 0.2) is 24.5 Å². The summed E-state index contributed by atoms with van der Waals surface area (Å²) in [5.74, 6) is 0.997. The Morgan fingerprint density at radius 1 is 1.06 bits per heavy atom. The maximum Gasteiger partial charge on any atom is 0.0270 e. The van der Waals surface area contributed by atoms with Crippen molar-refractivity contribution in [3.05, 3.63) is 30.1 Å². The highest BCUT2D eigenvalue weighted by atomic mass is 14.8. The molecule has 2 heteroatoms. The summed E-state index contributed by atoms with van der Waals surface area (Å²) in [6.45, 7) is 2.28. The molecule has 2 rings (SSSR count). The zero-order valence-electron chi connectivity index (χ0n) is 10.7. The van der Waals surface area contributed by atoms with E-state index in [4.69, 9.17) is 0 Å². The minimum atomic E-state index is 0.997. The Labute approximate surface area is 105 Å². The van der Waals surface area contributed by atoms with E-state index in [1.807, 2.05) is 12.4 Å². The summed E-state index contributed by atoms with van der Waals surface area (Å²) in [5, 5.41) is 3.56. The van der Waals surface area contributed by atoms with Gasteiger partial charge in [-0.3, -0.25) is 4.98 Å². The quantitative estimate of drug-likeness (QED) is 0.762. The van der Waals surface area contributed by atoms with E-state index in [2.05, 4.69) is 22.4 Å². The average molecular weight is 232 g/mol. The van der Waals surface area contributed by atoms with Gasteiger partial charge in [0, 0.05) is 12.4 Å². The molecule has 0 radical (unpaired) electrons. The zero-order valence-corrected chi connectivity index (χ0v) is 10.7. The van der Waals surface area contributed by atoms with E-state index in [1.54, 1.807) is 0 Å². The lowest BCUT2D eigenvalue weighted by molar-refractivity contribution is 0.334. The van der Waals surface area contributed by atoms with Crippen molar-refractivity contribution in [3.8, 4) is 0 Å². The third-order valence-corrected chi connectivity index (χ3v) is 3.79. The lowest BCUT2D eigenvalue weighted by atomic mass is 9.87. The number of hydrogen-bond donors (Lipinski definition) is 1. The van der Waals surface area contributed by atoms with Crippen LogP contribution in [-0.4, -0.2) is 18.1 Å². The molecule has 1 fully saturated rings. The van der Waals surface area contributed by atoms with Crippen LogP contribution in [0, 0.1) is 5.92 Å². The summed E-state index contributed by atoms with van der Waals surface area (Å²) in [6.07, 6.45) is 13.5. The Hall–Kier alpha value is -0.890. The lowest BCUT2D eigenvalue weighted by Gasteiger charge is -2.21. The van der Waals surface area contributed by atoms with Crippen molar-refractivity contribution >= 4 is 0 Å². The van der Waals surface area contributed by atoms with Gasteiger partial charge in [-0.2, -0.15) is 0 Å². The second-order valence-corrected chi connectivity index (χ2v) is 5.15. The first-order valence-electron chi connectivity index (χ1n) is 7.05. The van der Waals surface area contributed by atoms with Crippen LogP contribution in [0.4, 0.5) is 0 Å². The maximum atomic E-state index is 4.03. The van der Waals surface area contributed by atoms with Crippen molar-refractivity contribution in [2.45, 2.75) is 44.9 Å². The summed E-state index contributed by atoms with van der Waals surface area (Å²) < 4.78 is 0. The number of pyridine rings is 1. The van der Waals surface area contributed by atoms with Gasteiger partial charge < -0.3 is 5.32 Å². The van der Waals surface area contributed by atoms with Gasteiger partial charge in [0.2, 0.25) is 0 Å². The lowest BCUT2D eigenvalue weighted by Crippen LogP contribution is -2.21. The van der Waals surface area contributed by atoms with E-state index in [9.17, 15) is 0 Å². The predicted molar refractivity (Wildman–Crippen MR) is 72.0 cm³/mol. The van der Waals surface area contributed by atoms with Gasteiger partial charge in [-0.25, -0.2) is 0 Å².